The summed E-state index contributed by atoms with van der Waals surface area (Å²) in [7, 11) is -4.02. The fraction of sp³-hybridized carbons (Fsp3) is 0.350. The van der Waals surface area contributed by atoms with Crippen LogP contribution in [0.4, 0.5) is 13.2 Å². The van der Waals surface area contributed by atoms with Crippen LogP contribution in [0.25, 0.3) is 11.2 Å². The first kappa shape index (κ1) is 24.2. The molecule has 0 fully saturated rings. The molecule has 2 heterocycles. The molecule has 12 heteroatoms. The van der Waals surface area contributed by atoms with Gasteiger partial charge in [-0.15, -0.1) is 0 Å². The summed E-state index contributed by atoms with van der Waals surface area (Å²) in [5.74, 6) is 0. The van der Waals surface area contributed by atoms with E-state index in [1.54, 1.807) is 32.9 Å². The highest BCUT2D eigenvalue weighted by Crippen LogP contribution is 2.35. The molecular weight excluding hydrogens is 465 g/mol. The number of benzene rings is 1. The SMILES string of the molecule is Cc1ccc(S(=O)(=O)n2ccc3nc(C(/N=C\[S+]([O-])C(C)(C)C)C(F)(F)F)cnc32)cc1. The van der Waals surface area contributed by atoms with Crippen LogP contribution >= 0.6 is 0 Å². The largest absolute Gasteiger partial charge is 0.610 e. The summed E-state index contributed by atoms with van der Waals surface area (Å²) >= 11 is -1.75. The van der Waals surface area contributed by atoms with E-state index < -0.39 is 43.9 Å². The molecule has 0 saturated carbocycles. The minimum atomic E-state index is -4.81. The summed E-state index contributed by atoms with van der Waals surface area (Å²) in [6, 6.07) is 5.01. The molecule has 0 aliphatic carbocycles. The fourth-order valence-corrected chi connectivity index (χ4v) is 4.50. The number of aliphatic imine (C=N–C) groups is 1. The number of alkyl halides is 3. The number of hydrogen-bond donors (Lipinski definition) is 0. The highest BCUT2D eigenvalue weighted by Gasteiger charge is 2.43. The molecule has 1 aromatic carbocycles. The Morgan fingerprint density at radius 2 is 1.78 bits per heavy atom. The van der Waals surface area contributed by atoms with Crippen LogP contribution in [-0.4, -0.2) is 43.4 Å². The van der Waals surface area contributed by atoms with Gasteiger partial charge < -0.3 is 4.55 Å². The fourth-order valence-electron chi connectivity index (χ4n) is 2.65. The Kier molecular flexibility index (Phi) is 6.42. The molecule has 2 unspecified atom stereocenters. The quantitative estimate of drug-likeness (QED) is 0.306. The monoisotopic (exact) mass is 486 g/mol. The highest BCUT2D eigenvalue weighted by atomic mass is 32.2. The second-order valence-electron chi connectivity index (χ2n) is 8.04. The molecule has 0 bridgehead atoms. The van der Waals surface area contributed by atoms with Crippen LogP contribution in [0.5, 0.6) is 0 Å². The van der Waals surface area contributed by atoms with Crippen molar-refractivity contribution in [3.05, 3.63) is 54.0 Å². The van der Waals surface area contributed by atoms with E-state index in [9.17, 15) is 26.1 Å². The molecule has 0 aliphatic heterocycles. The van der Waals surface area contributed by atoms with Gasteiger partial charge >= 0.3 is 6.18 Å². The highest BCUT2D eigenvalue weighted by molar-refractivity contribution is 8.05. The second kappa shape index (κ2) is 8.49. The number of hydrogen-bond acceptors (Lipinski definition) is 6. The predicted molar refractivity (Wildman–Crippen MR) is 116 cm³/mol. The molecule has 0 amide bonds. The zero-order valence-corrected chi connectivity index (χ0v) is 19.3. The zero-order chi connectivity index (χ0) is 23.9. The Morgan fingerprint density at radius 1 is 1.16 bits per heavy atom. The first-order valence-electron chi connectivity index (χ1n) is 9.38. The topological polar surface area (TPSA) is 100 Å². The Labute approximate surface area is 186 Å². The van der Waals surface area contributed by atoms with E-state index in [-0.39, 0.29) is 16.1 Å². The third-order valence-corrected chi connectivity index (χ3v) is 7.65. The Morgan fingerprint density at radius 3 is 2.34 bits per heavy atom. The van der Waals surface area contributed by atoms with E-state index in [1.165, 1.54) is 24.4 Å². The summed E-state index contributed by atoms with van der Waals surface area (Å²) in [4.78, 5) is 11.4. The maximum Gasteiger partial charge on any atom is 0.416 e. The minimum absolute atomic E-state index is 0.00824. The van der Waals surface area contributed by atoms with E-state index in [0.717, 1.165) is 21.3 Å². The van der Waals surface area contributed by atoms with E-state index in [1.807, 2.05) is 6.92 Å². The zero-order valence-electron chi connectivity index (χ0n) is 17.7. The molecule has 3 aromatic rings. The van der Waals surface area contributed by atoms with E-state index in [4.69, 9.17) is 0 Å². The number of rotatable bonds is 5. The van der Waals surface area contributed by atoms with Crippen LogP contribution < -0.4 is 0 Å². The average molecular weight is 487 g/mol. The smallest absolute Gasteiger partial charge is 0.416 e. The number of fused-ring (bicyclic) bond motifs is 1. The molecule has 32 heavy (non-hydrogen) atoms. The Hall–Kier alpha value is -2.44. The van der Waals surface area contributed by atoms with Crippen molar-refractivity contribution in [2.45, 2.75) is 49.6 Å². The molecular formula is C20H21F3N4O3S2. The maximum atomic E-state index is 13.6. The van der Waals surface area contributed by atoms with Crippen molar-refractivity contribution in [3.63, 3.8) is 0 Å². The summed E-state index contributed by atoms with van der Waals surface area (Å²) in [6.45, 7) is 6.65. The standard InChI is InChI=1S/C20H21F3N4O3S2/c1-13-5-7-14(8-6-13)32(29,30)27-10-9-15-18(27)24-11-16(26-15)17(20(21,22)23)25-12-31(28)19(2,3)4/h5-12,17H,1-4H3/b25-12-. The molecule has 0 radical (unpaired) electrons. The van der Waals surface area contributed by atoms with Crippen molar-refractivity contribution in [2.24, 2.45) is 4.99 Å². The third-order valence-electron chi connectivity index (χ3n) is 4.45. The molecule has 0 aliphatic rings. The number of aryl methyl sites for hydroxylation is 1. The van der Waals surface area contributed by atoms with Gasteiger partial charge in [-0.25, -0.2) is 27.4 Å². The van der Waals surface area contributed by atoms with Gasteiger partial charge in [-0.2, -0.15) is 13.2 Å². The lowest BCUT2D eigenvalue weighted by Gasteiger charge is -2.21. The van der Waals surface area contributed by atoms with Gasteiger partial charge in [0.15, 0.2) is 11.7 Å². The summed E-state index contributed by atoms with van der Waals surface area (Å²) in [5.41, 5.74) is 0.948. The predicted octanol–water partition coefficient (Wildman–Crippen LogP) is 4.16. The minimum Gasteiger partial charge on any atom is -0.610 e. The van der Waals surface area contributed by atoms with Crippen LogP contribution in [0.3, 0.4) is 0 Å². The van der Waals surface area contributed by atoms with E-state index in [2.05, 4.69) is 15.0 Å². The Balaban J connectivity index is 2.03. The summed E-state index contributed by atoms with van der Waals surface area (Å²) in [6.07, 6.45) is -2.79. The van der Waals surface area contributed by atoms with E-state index in [0.29, 0.717) is 0 Å². The van der Waals surface area contributed by atoms with Gasteiger partial charge in [0.05, 0.1) is 16.8 Å². The normalized spacial score (nSPS) is 15.4. The first-order chi connectivity index (χ1) is 14.7. The van der Waals surface area contributed by atoms with Crippen molar-refractivity contribution in [2.75, 3.05) is 0 Å². The second-order valence-corrected chi connectivity index (χ2v) is 11.9. The molecule has 2 atom stereocenters. The van der Waals surface area contributed by atoms with Crippen LogP contribution in [0.15, 0.2) is 52.6 Å². The van der Waals surface area contributed by atoms with Gasteiger partial charge in [-0.3, -0.25) is 0 Å². The van der Waals surface area contributed by atoms with E-state index >= 15 is 0 Å². The summed E-state index contributed by atoms with van der Waals surface area (Å²) in [5, 5.41) is 0. The molecule has 7 nitrogen and oxygen atoms in total. The first-order valence-corrected chi connectivity index (χ1v) is 12.0. The van der Waals surface area contributed by atoms with Crippen molar-refractivity contribution in [3.8, 4) is 0 Å². The van der Waals surface area contributed by atoms with Crippen molar-refractivity contribution in [1.82, 2.24) is 13.9 Å². The van der Waals surface area contributed by atoms with Gasteiger partial charge in [0.25, 0.3) is 10.0 Å². The van der Waals surface area contributed by atoms with Crippen LogP contribution in [0.2, 0.25) is 0 Å². The molecule has 0 saturated heterocycles. The van der Waals surface area contributed by atoms with Gasteiger partial charge in [0.1, 0.15) is 10.3 Å². The molecule has 0 N–H and O–H groups in total. The lowest BCUT2D eigenvalue weighted by Crippen LogP contribution is -2.29. The number of nitrogens with zero attached hydrogens (tertiary/aromatic N) is 4. The molecule has 0 spiro atoms. The molecule has 3 rings (SSSR count). The van der Waals surface area contributed by atoms with Gasteiger partial charge in [-0.1, -0.05) is 17.7 Å². The molecule has 172 valence electrons. The van der Waals surface area contributed by atoms with Gasteiger partial charge in [0.2, 0.25) is 5.55 Å². The van der Waals surface area contributed by atoms with Gasteiger partial charge in [0, 0.05) is 17.4 Å². The summed E-state index contributed by atoms with van der Waals surface area (Å²) < 4.78 is 78.9. The number of halogens is 3. The third kappa shape index (κ3) is 4.97. The van der Waals surface area contributed by atoms with Crippen LogP contribution in [0, 0.1) is 6.92 Å². The van der Waals surface area contributed by atoms with Crippen molar-refractivity contribution >= 4 is 37.9 Å². The lowest BCUT2D eigenvalue weighted by molar-refractivity contribution is -0.149. The molecule has 2 aromatic heterocycles. The lowest BCUT2D eigenvalue weighted by atomic mass is 10.2. The number of aromatic nitrogens is 3. The maximum absolute atomic E-state index is 13.6. The van der Waals surface area contributed by atoms with Gasteiger partial charge in [-0.05, 0) is 45.9 Å². The average Bonchev–Trinajstić information content (AvgIpc) is 3.10. The van der Waals surface area contributed by atoms with Crippen LogP contribution in [0.1, 0.15) is 38.1 Å². The van der Waals surface area contributed by atoms with Crippen molar-refractivity contribution < 1.29 is 26.1 Å². The van der Waals surface area contributed by atoms with Crippen LogP contribution in [-0.2, 0) is 21.2 Å². The Bertz CT molecular complexity index is 1250. The van der Waals surface area contributed by atoms with Crippen molar-refractivity contribution in [1.29, 1.82) is 0 Å².